The molecule has 27 heavy (non-hydrogen) atoms. The first kappa shape index (κ1) is 19.6. The third kappa shape index (κ3) is 5.64. The Morgan fingerprint density at radius 1 is 1.11 bits per heavy atom. The number of benzene rings is 2. The van der Waals surface area contributed by atoms with E-state index < -0.39 is 0 Å². The van der Waals surface area contributed by atoms with Crippen molar-refractivity contribution in [3.63, 3.8) is 0 Å². The standard InChI is InChI=1S/C23H31NO3/c1-17(2)20-11-10-18(3)15-23(20)26-14-12-24-21-8-4-5-9-22(21)27-16-19-7-6-13-25-19/h4-5,8-11,15,17,19,24H,6-7,12-14,16H2,1-3H3. The lowest BCUT2D eigenvalue weighted by Crippen LogP contribution is -2.17. The van der Waals surface area contributed by atoms with Crippen molar-refractivity contribution in [3.05, 3.63) is 53.6 Å². The summed E-state index contributed by atoms with van der Waals surface area (Å²) in [4.78, 5) is 0. The first-order valence-corrected chi connectivity index (χ1v) is 9.94. The van der Waals surface area contributed by atoms with Gasteiger partial charge in [-0.25, -0.2) is 0 Å². The van der Waals surface area contributed by atoms with Gasteiger partial charge in [-0.15, -0.1) is 0 Å². The Labute approximate surface area is 162 Å². The molecule has 4 heteroatoms. The molecule has 0 amide bonds. The second-order valence-corrected chi connectivity index (χ2v) is 7.41. The molecule has 0 aliphatic carbocycles. The smallest absolute Gasteiger partial charge is 0.142 e. The lowest BCUT2D eigenvalue weighted by Gasteiger charge is -2.17. The number of nitrogens with one attached hydrogen (secondary N) is 1. The van der Waals surface area contributed by atoms with E-state index in [1.54, 1.807) is 0 Å². The molecular weight excluding hydrogens is 338 g/mol. The first-order chi connectivity index (χ1) is 13.1. The van der Waals surface area contributed by atoms with E-state index in [0.717, 1.165) is 36.6 Å². The molecule has 0 aromatic heterocycles. The van der Waals surface area contributed by atoms with E-state index >= 15 is 0 Å². The van der Waals surface area contributed by atoms with Crippen molar-refractivity contribution < 1.29 is 14.2 Å². The summed E-state index contributed by atoms with van der Waals surface area (Å²) in [6, 6.07) is 14.5. The van der Waals surface area contributed by atoms with Crippen LogP contribution in [0.15, 0.2) is 42.5 Å². The van der Waals surface area contributed by atoms with Gasteiger partial charge in [0, 0.05) is 13.2 Å². The fourth-order valence-corrected chi connectivity index (χ4v) is 3.29. The van der Waals surface area contributed by atoms with Gasteiger partial charge in [-0.1, -0.05) is 38.1 Å². The molecule has 2 aromatic rings. The van der Waals surface area contributed by atoms with Crippen LogP contribution in [0.2, 0.25) is 0 Å². The molecule has 2 aromatic carbocycles. The van der Waals surface area contributed by atoms with Crippen molar-refractivity contribution in [1.82, 2.24) is 0 Å². The highest BCUT2D eigenvalue weighted by atomic mass is 16.5. The highest BCUT2D eigenvalue weighted by Crippen LogP contribution is 2.28. The van der Waals surface area contributed by atoms with Gasteiger partial charge in [-0.05, 0) is 55.0 Å². The molecule has 1 saturated heterocycles. The lowest BCUT2D eigenvalue weighted by molar-refractivity contribution is 0.0682. The van der Waals surface area contributed by atoms with Gasteiger partial charge >= 0.3 is 0 Å². The minimum atomic E-state index is 0.220. The SMILES string of the molecule is Cc1ccc(C(C)C)c(OCCNc2ccccc2OCC2CCCO2)c1. The Kier molecular flexibility index (Phi) is 6.99. The number of hydrogen-bond acceptors (Lipinski definition) is 4. The van der Waals surface area contributed by atoms with E-state index in [9.17, 15) is 0 Å². The van der Waals surface area contributed by atoms with Gasteiger partial charge in [0.05, 0.1) is 11.8 Å². The van der Waals surface area contributed by atoms with Crippen molar-refractivity contribution in [3.8, 4) is 11.5 Å². The number of para-hydroxylation sites is 2. The second-order valence-electron chi connectivity index (χ2n) is 7.41. The number of aryl methyl sites for hydroxylation is 1. The Bertz CT molecular complexity index is 723. The fourth-order valence-electron chi connectivity index (χ4n) is 3.29. The highest BCUT2D eigenvalue weighted by molar-refractivity contribution is 5.56. The van der Waals surface area contributed by atoms with Gasteiger partial charge in [-0.3, -0.25) is 0 Å². The summed E-state index contributed by atoms with van der Waals surface area (Å²) in [5.74, 6) is 2.29. The van der Waals surface area contributed by atoms with Crippen LogP contribution in [0.5, 0.6) is 11.5 Å². The lowest BCUT2D eigenvalue weighted by atomic mass is 10.0. The quantitative estimate of drug-likeness (QED) is 0.619. The molecular formula is C23H31NO3. The van der Waals surface area contributed by atoms with Crippen LogP contribution in [0.1, 0.15) is 43.7 Å². The van der Waals surface area contributed by atoms with Crippen LogP contribution < -0.4 is 14.8 Å². The van der Waals surface area contributed by atoms with Crippen LogP contribution in [0, 0.1) is 6.92 Å². The van der Waals surface area contributed by atoms with Crippen LogP contribution in [0.3, 0.4) is 0 Å². The van der Waals surface area contributed by atoms with Crippen molar-refractivity contribution in [2.45, 2.75) is 45.6 Å². The summed E-state index contributed by atoms with van der Waals surface area (Å²) in [5.41, 5.74) is 3.46. The second kappa shape index (κ2) is 9.65. The summed E-state index contributed by atoms with van der Waals surface area (Å²) < 4.78 is 17.7. The van der Waals surface area contributed by atoms with Crippen LogP contribution in [0.25, 0.3) is 0 Å². The summed E-state index contributed by atoms with van der Waals surface area (Å²) in [6.45, 7) is 9.25. The maximum atomic E-state index is 6.06. The van der Waals surface area contributed by atoms with Gasteiger partial charge in [0.1, 0.15) is 24.7 Å². The van der Waals surface area contributed by atoms with E-state index in [1.807, 2.05) is 24.3 Å². The predicted octanol–water partition coefficient (Wildman–Crippen LogP) is 5.17. The maximum absolute atomic E-state index is 6.06. The van der Waals surface area contributed by atoms with Gasteiger partial charge in [-0.2, -0.15) is 0 Å². The zero-order valence-electron chi connectivity index (χ0n) is 16.7. The summed E-state index contributed by atoms with van der Waals surface area (Å²) in [6.07, 6.45) is 2.43. The normalized spacial score (nSPS) is 16.5. The molecule has 3 rings (SSSR count). The number of ether oxygens (including phenoxy) is 3. The van der Waals surface area contributed by atoms with E-state index in [1.165, 1.54) is 11.1 Å². The van der Waals surface area contributed by atoms with Gasteiger partial charge in [0.2, 0.25) is 0 Å². The van der Waals surface area contributed by atoms with Crippen molar-refractivity contribution >= 4 is 5.69 Å². The van der Waals surface area contributed by atoms with Gasteiger partial charge < -0.3 is 19.5 Å². The largest absolute Gasteiger partial charge is 0.491 e. The average Bonchev–Trinajstić information content (AvgIpc) is 3.18. The molecule has 0 saturated carbocycles. The van der Waals surface area contributed by atoms with Crippen LogP contribution >= 0.6 is 0 Å². The molecule has 1 atom stereocenters. The Hall–Kier alpha value is -2.20. The molecule has 1 unspecified atom stereocenters. The van der Waals surface area contributed by atoms with Crippen molar-refractivity contribution in [2.75, 3.05) is 31.7 Å². The van der Waals surface area contributed by atoms with Crippen molar-refractivity contribution in [1.29, 1.82) is 0 Å². The zero-order chi connectivity index (χ0) is 19.1. The first-order valence-electron chi connectivity index (χ1n) is 9.94. The molecule has 1 aliphatic rings. The van der Waals surface area contributed by atoms with E-state index in [2.05, 4.69) is 44.3 Å². The van der Waals surface area contributed by atoms with Gasteiger partial charge in [0.15, 0.2) is 0 Å². The minimum Gasteiger partial charge on any atom is -0.491 e. The molecule has 1 aliphatic heterocycles. The molecule has 0 bridgehead atoms. The van der Waals surface area contributed by atoms with Gasteiger partial charge in [0.25, 0.3) is 0 Å². The molecule has 0 radical (unpaired) electrons. The van der Waals surface area contributed by atoms with Crippen LogP contribution in [0.4, 0.5) is 5.69 Å². The predicted molar refractivity (Wildman–Crippen MR) is 110 cm³/mol. The average molecular weight is 370 g/mol. The fraction of sp³-hybridized carbons (Fsp3) is 0.478. The summed E-state index contributed by atoms with van der Waals surface area (Å²) in [5, 5.41) is 3.43. The monoisotopic (exact) mass is 369 g/mol. The number of hydrogen-bond donors (Lipinski definition) is 1. The maximum Gasteiger partial charge on any atom is 0.142 e. The Morgan fingerprint density at radius 3 is 2.74 bits per heavy atom. The highest BCUT2D eigenvalue weighted by Gasteiger charge is 2.16. The summed E-state index contributed by atoms with van der Waals surface area (Å²) >= 11 is 0. The molecule has 1 fully saturated rings. The molecule has 0 spiro atoms. The third-order valence-corrected chi connectivity index (χ3v) is 4.80. The zero-order valence-corrected chi connectivity index (χ0v) is 16.7. The van der Waals surface area contributed by atoms with Crippen LogP contribution in [-0.4, -0.2) is 32.5 Å². The van der Waals surface area contributed by atoms with E-state index in [4.69, 9.17) is 14.2 Å². The van der Waals surface area contributed by atoms with E-state index in [0.29, 0.717) is 25.7 Å². The van der Waals surface area contributed by atoms with Crippen LogP contribution in [-0.2, 0) is 4.74 Å². The Balaban J connectivity index is 1.51. The molecule has 146 valence electrons. The number of rotatable bonds is 9. The third-order valence-electron chi connectivity index (χ3n) is 4.80. The van der Waals surface area contributed by atoms with E-state index in [-0.39, 0.29) is 6.10 Å². The van der Waals surface area contributed by atoms with Crippen molar-refractivity contribution in [2.24, 2.45) is 0 Å². The summed E-state index contributed by atoms with van der Waals surface area (Å²) in [7, 11) is 0. The Morgan fingerprint density at radius 2 is 1.96 bits per heavy atom. The molecule has 4 nitrogen and oxygen atoms in total. The topological polar surface area (TPSA) is 39.7 Å². The minimum absolute atomic E-state index is 0.220. The molecule has 1 heterocycles. The molecule has 1 N–H and O–H groups in total. The number of anilines is 1.